The molecule has 0 unspecified atom stereocenters. The summed E-state index contributed by atoms with van der Waals surface area (Å²) in [5.74, 6) is -1.94. The number of hydrogen-bond donors (Lipinski definition) is 1. The van der Waals surface area contributed by atoms with Crippen LogP contribution in [0.2, 0.25) is 0 Å². The molecule has 1 saturated heterocycles. The molecule has 0 bridgehead atoms. The fourth-order valence-corrected chi connectivity index (χ4v) is 2.77. The lowest BCUT2D eigenvalue weighted by atomic mass is 10.1. The molecule has 26 heavy (non-hydrogen) atoms. The number of amides is 4. The number of carbonyl (C=O) groups excluding carboxylic acids is 3. The number of imide groups is 2. The summed E-state index contributed by atoms with van der Waals surface area (Å²) in [4.78, 5) is 42.0. The summed E-state index contributed by atoms with van der Waals surface area (Å²) in [5.41, 5.74) is 0.919. The number of aliphatic imine (C=N–C) groups is 1. The van der Waals surface area contributed by atoms with Crippen molar-refractivity contribution in [3.63, 3.8) is 0 Å². The quantitative estimate of drug-likeness (QED) is 0.429. The smallest absolute Gasteiger partial charge is 0.335 e. The largest absolute Gasteiger partial charge is 0.497 e. The van der Waals surface area contributed by atoms with E-state index in [1.165, 1.54) is 13.3 Å². The van der Waals surface area contributed by atoms with Crippen molar-refractivity contribution in [2.75, 3.05) is 12.0 Å². The van der Waals surface area contributed by atoms with Crippen molar-refractivity contribution in [3.05, 3.63) is 52.1 Å². The summed E-state index contributed by atoms with van der Waals surface area (Å²) in [6, 6.07) is 12.9. The van der Waals surface area contributed by atoms with Gasteiger partial charge in [-0.3, -0.25) is 19.9 Å². The van der Waals surface area contributed by atoms with Gasteiger partial charge >= 0.3 is 6.03 Å². The highest BCUT2D eigenvalue weighted by molar-refractivity contribution is 14.1. The molecular weight excluding hydrogens is 449 g/mol. The van der Waals surface area contributed by atoms with Crippen LogP contribution in [-0.4, -0.2) is 31.2 Å². The van der Waals surface area contributed by atoms with Gasteiger partial charge < -0.3 is 4.74 Å². The lowest BCUT2D eigenvalue weighted by Crippen LogP contribution is -2.58. The van der Waals surface area contributed by atoms with Crippen molar-refractivity contribution in [3.8, 4) is 5.75 Å². The molecule has 0 spiro atoms. The number of ether oxygens (including phenoxy) is 1. The maximum Gasteiger partial charge on any atom is 0.335 e. The van der Waals surface area contributed by atoms with E-state index in [2.05, 4.69) is 32.9 Å². The first-order valence-corrected chi connectivity index (χ1v) is 8.70. The minimum atomic E-state index is -1.20. The Balaban J connectivity index is 1.87. The Morgan fingerprint density at radius 3 is 2.58 bits per heavy atom. The summed E-state index contributed by atoms with van der Waals surface area (Å²) in [7, 11) is 1.53. The average Bonchev–Trinajstić information content (AvgIpc) is 2.63. The second kappa shape index (κ2) is 7.65. The molecule has 1 N–H and O–H groups in total. The Hall–Kier alpha value is -2.75. The molecule has 4 amide bonds. The third kappa shape index (κ3) is 3.74. The van der Waals surface area contributed by atoms with Gasteiger partial charge in [-0.25, -0.2) is 9.69 Å². The van der Waals surface area contributed by atoms with Crippen LogP contribution in [0.25, 0.3) is 0 Å². The van der Waals surface area contributed by atoms with Crippen molar-refractivity contribution in [1.29, 1.82) is 0 Å². The first-order valence-electron chi connectivity index (χ1n) is 7.62. The molecule has 1 aliphatic heterocycles. The van der Waals surface area contributed by atoms with Crippen LogP contribution in [0.4, 0.5) is 16.2 Å². The van der Waals surface area contributed by atoms with Gasteiger partial charge in [0.2, 0.25) is 5.91 Å². The SMILES string of the molecule is COc1cccc(N=C[C@@H]2C(=O)NC(=O)N(c3ccc(I)cc3)C2=O)c1. The third-order valence-electron chi connectivity index (χ3n) is 3.71. The summed E-state index contributed by atoms with van der Waals surface area (Å²) >= 11 is 2.12. The van der Waals surface area contributed by atoms with Crippen LogP contribution in [0.3, 0.4) is 0 Å². The van der Waals surface area contributed by atoms with Gasteiger partial charge in [0, 0.05) is 15.9 Å². The highest BCUT2D eigenvalue weighted by Gasteiger charge is 2.40. The highest BCUT2D eigenvalue weighted by atomic mass is 127. The van der Waals surface area contributed by atoms with E-state index in [4.69, 9.17) is 4.74 Å². The molecule has 2 aromatic rings. The zero-order valence-corrected chi connectivity index (χ0v) is 15.8. The predicted molar refractivity (Wildman–Crippen MR) is 105 cm³/mol. The second-order valence-corrected chi connectivity index (χ2v) is 6.65. The topological polar surface area (TPSA) is 88.1 Å². The number of carbonyl (C=O) groups is 3. The van der Waals surface area contributed by atoms with E-state index in [1.807, 2.05) is 0 Å². The van der Waals surface area contributed by atoms with Crippen LogP contribution in [-0.2, 0) is 9.59 Å². The molecule has 7 nitrogen and oxygen atoms in total. The monoisotopic (exact) mass is 463 g/mol. The third-order valence-corrected chi connectivity index (χ3v) is 4.43. The average molecular weight is 463 g/mol. The van der Waals surface area contributed by atoms with Crippen LogP contribution < -0.4 is 15.0 Å². The number of nitrogens with one attached hydrogen (secondary N) is 1. The van der Waals surface area contributed by atoms with Crippen molar-refractivity contribution in [1.82, 2.24) is 5.32 Å². The molecule has 1 fully saturated rings. The number of hydrogen-bond acceptors (Lipinski definition) is 5. The Kier molecular flexibility index (Phi) is 5.31. The maximum atomic E-state index is 12.7. The summed E-state index contributed by atoms with van der Waals surface area (Å²) < 4.78 is 6.08. The van der Waals surface area contributed by atoms with E-state index >= 15 is 0 Å². The normalized spacial score (nSPS) is 17.5. The molecule has 0 radical (unpaired) electrons. The first-order chi connectivity index (χ1) is 12.5. The van der Waals surface area contributed by atoms with E-state index in [-0.39, 0.29) is 0 Å². The van der Waals surface area contributed by atoms with E-state index in [9.17, 15) is 14.4 Å². The van der Waals surface area contributed by atoms with Crippen LogP contribution in [0.5, 0.6) is 5.75 Å². The lowest BCUT2D eigenvalue weighted by Gasteiger charge is -2.28. The maximum absolute atomic E-state index is 12.7. The van der Waals surface area contributed by atoms with Gasteiger partial charge in [0.1, 0.15) is 5.75 Å². The van der Waals surface area contributed by atoms with E-state index in [0.29, 0.717) is 17.1 Å². The number of urea groups is 1. The fourth-order valence-electron chi connectivity index (χ4n) is 2.41. The molecular formula is C18H14IN3O4. The molecule has 0 aliphatic carbocycles. The summed E-state index contributed by atoms with van der Waals surface area (Å²) in [5, 5.41) is 2.19. The molecule has 2 aromatic carbocycles. The Labute approximate surface area is 163 Å². The Morgan fingerprint density at radius 1 is 1.15 bits per heavy atom. The van der Waals surface area contributed by atoms with Crippen molar-refractivity contribution in [2.24, 2.45) is 10.9 Å². The Morgan fingerprint density at radius 2 is 1.88 bits per heavy atom. The van der Waals surface area contributed by atoms with Crippen LogP contribution in [0.1, 0.15) is 0 Å². The Bertz CT molecular complexity index is 896. The summed E-state index contributed by atoms with van der Waals surface area (Å²) in [6.07, 6.45) is 1.23. The number of benzene rings is 2. The van der Waals surface area contributed by atoms with Crippen molar-refractivity contribution >= 4 is 58.0 Å². The fraction of sp³-hybridized carbons (Fsp3) is 0.111. The number of barbiturate groups is 1. The molecule has 3 rings (SSSR count). The van der Waals surface area contributed by atoms with Gasteiger partial charge in [0.25, 0.3) is 5.91 Å². The number of halogens is 1. The lowest BCUT2D eigenvalue weighted by molar-refractivity contribution is -0.131. The molecule has 0 aromatic heterocycles. The summed E-state index contributed by atoms with van der Waals surface area (Å²) in [6.45, 7) is 0. The molecule has 132 valence electrons. The van der Waals surface area contributed by atoms with Gasteiger partial charge in [-0.1, -0.05) is 6.07 Å². The standard InChI is InChI=1S/C18H14IN3O4/c1-26-14-4-2-3-12(9-14)20-10-15-16(23)21-18(25)22(17(15)24)13-7-5-11(19)6-8-13/h2-10,15H,1H3,(H,21,23,25)/t15-/m1/s1. The van der Waals surface area contributed by atoms with Crippen LogP contribution >= 0.6 is 22.6 Å². The first kappa shape index (κ1) is 18.1. The van der Waals surface area contributed by atoms with Gasteiger partial charge in [-0.05, 0) is 59.0 Å². The zero-order valence-electron chi connectivity index (χ0n) is 13.7. The molecule has 1 atom stereocenters. The van der Waals surface area contributed by atoms with E-state index < -0.39 is 23.8 Å². The molecule has 0 saturated carbocycles. The minimum absolute atomic E-state index is 0.389. The van der Waals surface area contributed by atoms with Gasteiger partial charge in [0.15, 0.2) is 5.92 Å². The van der Waals surface area contributed by atoms with Gasteiger partial charge in [-0.2, -0.15) is 0 Å². The second-order valence-electron chi connectivity index (χ2n) is 5.40. The van der Waals surface area contributed by atoms with E-state index in [1.54, 1.807) is 48.5 Å². The zero-order chi connectivity index (χ0) is 18.7. The number of rotatable bonds is 4. The van der Waals surface area contributed by atoms with Crippen molar-refractivity contribution < 1.29 is 19.1 Å². The van der Waals surface area contributed by atoms with E-state index in [0.717, 1.165) is 8.47 Å². The predicted octanol–water partition coefficient (Wildman–Crippen LogP) is 2.90. The minimum Gasteiger partial charge on any atom is -0.497 e. The van der Waals surface area contributed by atoms with Crippen LogP contribution in [0.15, 0.2) is 53.5 Å². The molecule has 8 heteroatoms. The van der Waals surface area contributed by atoms with Gasteiger partial charge in [-0.15, -0.1) is 0 Å². The molecule has 1 heterocycles. The van der Waals surface area contributed by atoms with Crippen molar-refractivity contribution in [2.45, 2.75) is 0 Å². The number of nitrogens with zero attached hydrogens (tertiary/aromatic N) is 2. The van der Waals surface area contributed by atoms with Crippen LogP contribution in [0, 0.1) is 9.49 Å². The van der Waals surface area contributed by atoms with Gasteiger partial charge in [0.05, 0.1) is 18.5 Å². The number of methoxy groups -OCH3 is 1. The highest BCUT2D eigenvalue weighted by Crippen LogP contribution is 2.23. The molecule has 1 aliphatic rings. The number of anilines is 1.